The number of carbonyl (C=O) groups is 2. The Labute approximate surface area is 104 Å². The van der Waals surface area contributed by atoms with Crippen molar-refractivity contribution >= 4 is 11.8 Å². The summed E-state index contributed by atoms with van der Waals surface area (Å²) in [6, 6.07) is 0. The number of ether oxygens (including phenoxy) is 2. The molecule has 0 heterocycles. The Morgan fingerprint density at radius 1 is 1.12 bits per heavy atom. The molecule has 0 aromatic rings. The van der Waals surface area contributed by atoms with Gasteiger partial charge in [0.1, 0.15) is 11.2 Å². The number of Topliss-reactive ketones (excluding diaryl/α,β-unsaturated/α-hetero) is 1. The van der Waals surface area contributed by atoms with Gasteiger partial charge < -0.3 is 9.47 Å². The van der Waals surface area contributed by atoms with Gasteiger partial charge in [0.2, 0.25) is 0 Å². The van der Waals surface area contributed by atoms with E-state index < -0.39 is 11.2 Å². The largest absolute Gasteiger partial charge is 0.460 e. The second-order valence-corrected chi connectivity index (χ2v) is 5.09. The molecule has 4 nitrogen and oxygen atoms in total. The lowest BCUT2D eigenvalue weighted by atomic mass is 9.98. The molecule has 0 aromatic heterocycles. The monoisotopic (exact) mass is 244 g/mol. The van der Waals surface area contributed by atoms with Gasteiger partial charge in [-0.2, -0.15) is 0 Å². The number of carbonyl (C=O) groups excluding carboxylic acids is 2. The Bertz CT molecular complexity index is 283. The molecule has 0 aliphatic heterocycles. The summed E-state index contributed by atoms with van der Waals surface area (Å²) in [6.45, 7) is 10.7. The van der Waals surface area contributed by atoms with Crippen LogP contribution in [0, 0.1) is 0 Å². The molecule has 1 atom stereocenters. The van der Waals surface area contributed by atoms with Crippen LogP contribution < -0.4 is 0 Å². The highest BCUT2D eigenvalue weighted by Gasteiger charge is 2.30. The highest BCUT2D eigenvalue weighted by molar-refractivity contribution is 5.84. The molecule has 0 aliphatic rings. The molecule has 0 amide bonds. The van der Waals surface area contributed by atoms with Gasteiger partial charge in [-0.25, -0.2) is 0 Å². The lowest BCUT2D eigenvalue weighted by molar-refractivity contribution is -0.158. The summed E-state index contributed by atoms with van der Waals surface area (Å²) in [5, 5.41) is 0. The van der Waals surface area contributed by atoms with Crippen LogP contribution in [0.3, 0.4) is 0 Å². The van der Waals surface area contributed by atoms with Gasteiger partial charge in [0.25, 0.3) is 0 Å². The second-order valence-electron chi connectivity index (χ2n) is 5.09. The Kier molecular flexibility index (Phi) is 5.82. The van der Waals surface area contributed by atoms with Crippen LogP contribution in [-0.2, 0) is 19.1 Å². The first-order valence-electron chi connectivity index (χ1n) is 5.97. The van der Waals surface area contributed by atoms with E-state index in [9.17, 15) is 9.59 Å². The number of hydrogen-bond donors (Lipinski definition) is 0. The highest BCUT2D eigenvalue weighted by atomic mass is 16.6. The van der Waals surface area contributed by atoms with Gasteiger partial charge in [-0.05, 0) is 34.1 Å². The van der Waals surface area contributed by atoms with Gasteiger partial charge in [0.05, 0.1) is 6.61 Å². The fraction of sp³-hybridized carbons (Fsp3) is 0.846. The third kappa shape index (κ3) is 5.82. The van der Waals surface area contributed by atoms with Gasteiger partial charge in [-0.15, -0.1) is 0 Å². The van der Waals surface area contributed by atoms with Crippen LogP contribution in [-0.4, -0.2) is 29.6 Å². The SMILES string of the molecule is CCC(C)(OCCC(C)(C)OC(C)=O)C(C)=O. The molecule has 0 bridgehead atoms. The van der Waals surface area contributed by atoms with Gasteiger partial charge in [-0.3, -0.25) is 9.59 Å². The quantitative estimate of drug-likeness (QED) is 0.646. The lowest BCUT2D eigenvalue weighted by Crippen LogP contribution is -2.38. The normalized spacial score (nSPS) is 15.2. The Morgan fingerprint density at radius 2 is 1.65 bits per heavy atom. The molecule has 4 heteroatoms. The van der Waals surface area contributed by atoms with E-state index in [2.05, 4.69) is 0 Å². The summed E-state index contributed by atoms with van der Waals surface area (Å²) >= 11 is 0. The summed E-state index contributed by atoms with van der Waals surface area (Å²) in [7, 11) is 0. The van der Waals surface area contributed by atoms with Crippen LogP contribution in [0.1, 0.15) is 54.4 Å². The highest BCUT2D eigenvalue weighted by Crippen LogP contribution is 2.20. The third-order valence-corrected chi connectivity index (χ3v) is 2.96. The van der Waals surface area contributed by atoms with E-state index in [1.165, 1.54) is 13.8 Å². The minimum atomic E-state index is -0.730. The molecule has 100 valence electrons. The van der Waals surface area contributed by atoms with Crippen LogP contribution in [0.15, 0.2) is 0 Å². The van der Waals surface area contributed by atoms with Crippen LogP contribution >= 0.6 is 0 Å². The molecule has 0 fully saturated rings. The van der Waals surface area contributed by atoms with Crippen LogP contribution in [0.5, 0.6) is 0 Å². The average molecular weight is 244 g/mol. The Morgan fingerprint density at radius 3 is 2.00 bits per heavy atom. The molecular weight excluding hydrogens is 220 g/mol. The molecule has 0 radical (unpaired) electrons. The molecular formula is C13H24O4. The first-order valence-corrected chi connectivity index (χ1v) is 5.97. The maximum absolute atomic E-state index is 11.4. The molecule has 0 rings (SSSR count). The minimum Gasteiger partial charge on any atom is -0.460 e. The minimum absolute atomic E-state index is 0.0188. The number of esters is 1. The van der Waals surface area contributed by atoms with Crippen molar-refractivity contribution in [1.82, 2.24) is 0 Å². The zero-order chi connectivity index (χ0) is 13.7. The van der Waals surface area contributed by atoms with Crippen LogP contribution in [0.4, 0.5) is 0 Å². The summed E-state index contributed by atoms with van der Waals surface area (Å²) < 4.78 is 10.8. The molecule has 1 unspecified atom stereocenters. The maximum Gasteiger partial charge on any atom is 0.303 e. The number of rotatable bonds is 7. The van der Waals surface area contributed by atoms with Gasteiger partial charge in [0, 0.05) is 13.3 Å². The van der Waals surface area contributed by atoms with E-state index in [1.54, 1.807) is 6.92 Å². The van der Waals surface area contributed by atoms with Crippen molar-refractivity contribution < 1.29 is 19.1 Å². The average Bonchev–Trinajstić information content (AvgIpc) is 2.14. The van der Waals surface area contributed by atoms with Crippen molar-refractivity contribution in [2.75, 3.05) is 6.61 Å². The molecule has 0 aliphatic carbocycles. The number of hydrogen-bond acceptors (Lipinski definition) is 4. The van der Waals surface area contributed by atoms with Crippen molar-refractivity contribution in [3.8, 4) is 0 Å². The Balaban J connectivity index is 4.22. The first-order chi connectivity index (χ1) is 7.63. The predicted molar refractivity (Wildman–Crippen MR) is 65.8 cm³/mol. The smallest absolute Gasteiger partial charge is 0.303 e. The van der Waals surface area contributed by atoms with Crippen molar-refractivity contribution in [1.29, 1.82) is 0 Å². The van der Waals surface area contributed by atoms with Crippen LogP contribution in [0.25, 0.3) is 0 Å². The van der Waals surface area contributed by atoms with E-state index >= 15 is 0 Å². The molecule has 0 spiro atoms. The Hall–Kier alpha value is -0.900. The van der Waals surface area contributed by atoms with E-state index in [0.29, 0.717) is 19.4 Å². The molecule has 0 saturated carbocycles. The fourth-order valence-electron chi connectivity index (χ4n) is 1.41. The molecule has 17 heavy (non-hydrogen) atoms. The van der Waals surface area contributed by atoms with Crippen LogP contribution in [0.2, 0.25) is 0 Å². The van der Waals surface area contributed by atoms with Crippen molar-refractivity contribution in [2.24, 2.45) is 0 Å². The summed E-state index contributed by atoms with van der Waals surface area (Å²) in [5.41, 5.74) is -1.29. The predicted octanol–water partition coefficient (Wildman–Crippen LogP) is 2.49. The summed E-state index contributed by atoms with van der Waals surface area (Å²) in [4.78, 5) is 22.3. The summed E-state index contributed by atoms with van der Waals surface area (Å²) in [6.07, 6.45) is 1.20. The number of ketones is 1. The van der Waals surface area contributed by atoms with E-state index in [-0.39, 0.29) is 11.8 Å². The lowest BCUT2D eigenvalue weighted by Gasteiger charge is -2.29. The van der Waals surface area contributed by atoms with E-state index in [1.807, 2.05) is 20.8 Å². The standard InChI is InChI=1S/C13H24O4/c1-7-13(6,10(2)14)16-9-8-12(4,5)17-11(3)15/h7-9H2,1-6H3. The van der Waals surface area contributed by atoms with E-state index in [4.69, 9.17) is 9.47 Å². The molecule has 0 aromatic carbocycles. The molecule has 0 N–H and O–H groups in total. The molecule has 0 saturated heterocycles. The topological polar surface area (TPSA) is 52.6 Å². The first kappa shape index (κ1) is 16.1. The van der Waals surface area contributed by atoms with E-state index in [0.717, 1.165) is 0 Å². The third-order valence-electron chi connectivity index (χ3n) is 2.96. The van der Waals surface area contributed by atoms with Gasteiger partial charge in [-0.1, -0.05) is 6.92 Å². The van der Waals surface area contributed by atoms with Gasteiger partial charge in [0.15, 0.2) is 5.78 Å². The van der Waals surface area contributed by atoms with Crippen molar-refractivity contribution in [3.63, 3.8) is 0 Å². The second kappa shape index (κ2) is 6.15. The van der Waals surface area contributed by atoms with Crippen molar-refractivity contribution in [3.05, 3.63) is 0 Å². The fourth-order valence-corrected chi connectivity index (χ4v) is 1.41. The van der Waals surface area contributed by atoms with Gasteiger partial charge >= 0.3 is 5.97 Å². The summed E-state index contributed by atoms with van der Waals surface area (Å²) in [5.74, 6) is -0.287. The zero-order valence-corrected chi connectivity index (χ0v) is 11.8. The zero-order valence-electron chi connectivity index (χ0n) is 11.8. The van der Waals surface area contributed by atoms with Crippen molar-refractivity contribution in [2.45, 2.75) is 65.6 Å². The maximum atomic E-state index is 11.4.